The molecule has 0 radical (unpaired) electrons. The largest absolute Gasteiger partial charge is 0.356 e. The highest BCUT2D eigenvalue weighted by Gasteiger charge is 2.13. The van der Waals surface area contributed by atoms with Gasteiger partial charge in [0.05, 0.1) is 11.3 Å². The van der Waals surface area contributed by atoms with Crippen LogP contribution < -0.4 is 10.0 Å². The SMILES string of the molecule is Cc1ccc(S(=O)(=O)NCCCNC(=O)Cc2nonc2C)cc1. The molecular formula is C15H20N4O4S. The van der Waals surface area contributed by atoms with Gasteiger partial charge in [-0.3, -0.25) is 4.79 Å². The van der Waals surface area contributed by atoms with Gasteiger partial charge in [-0.15, -0.1) is 0 Å². The lowest BCUT2D eigenvalue weighted by atomic mass is 10.2. The van der Waals surface area contributed by atoms with Crippen LogP contribution in [0.1, 0.15) is 23.4 Å². The highest BCUT2D eigenvalue weighted by molar-refractivity contribution is 7.89. The summed E-state index contributed by atoms with van der Waals surface area (Å²) in [6.45, 7) is 4.20. The minimum absolute atomic E-state index is 0.0877. The summed E-state index contributed by atoms with van der Waals surface area (Å²) in [6, 6.07) is 6.62. The molecule has 0 saturated heterocycles. The second-order valence-electron chi connectivity index (χ2n) is 5.39. The molecule has 24 heavy (non-hydrogen) atoms. The Kier molecular flexibility index (Phi) is 6.04. The molecular weight excluding hydrogens is 332 g/mol. The number of hydrogen-bond acceptors (Lipinski definition) is 6. The van der Waals surface area contributed by atoms with Crippen molar-refractivity contribution in [3.8, 4) is 0 Å². The van der Waals surface area contributed by atoms with Crippen LogP contribution in [0.25, 0.3) is 0 Å². The van der Waals surface area contributed by atoms with Gasteiger partial charge in [-0.25, -0.2) is 17.8 Å². The van der Waals surface area contributed by atoms with E-state index in [0.29, 0.717) is 24.4 Å². The fraction of sp³-hybridized carbons (Fsp3) is 0.400. The van der Waals surface area contributed by atoms with Gasteiger partial charge in [0.15, 0.2) is 0 Å². The van der Waals surface area contributed by atoms with Gasteiger partial charge in [0.1, 0.15) is 11.4 Å². The summed E-state index contributed by atoms with van der Waals surface area (Å²) >= 11 is 0. The normalized spacial score (nSPS) is 11.4. The highest BCUT2D eigenvalue weighted by atomic mass is 32.2. The Labute approximate surface area is 140 Å². The molecule has 8 nitrogen and oxygen atoms in total. The molecule has 130 valence electrons. The third kappa shape index (κ3) is 5.14. The second kappa shape index (κ2) is 8.02. The minimum atomic E-state index is -3.52. The zero-order valence-electron chi connectivity index (χ0n) is 13.6. The van der Waals surface area contributed by atoms with Crippen LogP contribution >= 0.6 is 0 Å². The molecule has 0 aliphatic heterocycles. The predicted molar refractivity (Wildman–Crippen MR) is 86.7 cm³/mol. The molecule has 2 N–H and O–H groups in total. The molecule has 0 aliphatic carbocycles. The molecule has 0 atom stereocenters. The first-order chi connectivity index (χ1) is 11.4. The first-order valence-electron chi connectivity index (χ1n) is 7.49. The van der Waals surface area contributed by atoms with E-state index in [1.54, 1.807) is 31.2 Å². The average molecular weight is 352 g/mol. The molecule has 0 saturated carbocycles. The van der Waals surface area contributed by atoms with Gasteiger partial charge in [-0.1, -0.05) is 28.0 Å². The van der Waals surface area contributed by atoms with Crippen LogP contribution in [0.15, 0.2) is 33.8 Å². The molecule has 1 aromatic heterocycles. The molecule has 0 unspecified atom stereocenters. The second-order valence-corrected chi connectivity index (χ2v) is 7.15. The van der Waals surface area contributed by atoms with Gasteiger partial charge < -0.3 is 5.32 Å². The number of rotatable bonds is 8. The smallest absolute Gasteiger partial charge is 0.240 e. The maximum absolute atomic E-state index is 12.1. The molecule has 0 aliphatic rings. The zero-order chi connectivity index (χ0) is 17.6. The fourth-order valence-corrected chi connectivity index (χ4v) is 3.02. The van der Waals surface area contributed by atoms with Crippen LogP contribution in [0.2, 0.25) is 0 Å². The quantitative estimate of drug-likeness (QED) is 0.677. The summed E-state index contributed by atoms with van der Waals surface area (Å²) in [6.07, 6.45) is 0.567. The van der Waals surface area contributed by atoms with Crippen molar-refractivity contribution in [2.24, 2.45) is 0 Å². The number of benzene rings is 1. The van der Waals surface area contributed by atoms with Crippen molar-refractivity contribution >= 4 is 15.9 Å². The average Bonchev–Trinajstić information content (AvgIpc) is 2.92. The van der Waals surface area contributed by atoms with Crippen molar-refractivity contribution in [2.75, 3.05) is 13.1 Å². The lowest BCUT2D eigenvalue weighted by Crippen LogP contribution is -2.30. The molecule has 1 heterocycles. The van der Waals surface area contributed by atoms with Crippen molar-refractivity contribution in [2.45, 2.75) is 31.6 Å². The Morgan fingerprint density at radius 3 is 2.46 bits per heavy atom. The van der Waals surface area contributed by atoms with E-state index in [1.165, 1.54) is 0 Å². The third-order valence-electron chi connectivity index (χ3n) is 3.37. The van der Waals surface area contributed by atoms with Gasteiger partial charge in [0.2, 0.25) is 15.9 Å². The fourth-order valence-electron chi connectivity index (χ4n) is 1.95. The first kappa shape index (κ1) is 18.1. The Morgan fingerprint density at radius 2 is 1.83 bits per heavy atom. The number of hydrogen-bond donors (Lipinski definition) is 2. The van der Waals surface area contributed by atoms with Gasteiger partial charge in [-0.2, -0.15) is 0 Å². The van der Waals surface area contributed by atoms with E-state index < -0.39 is 10.0 Å². The van der Waals surface area contributed by atoms with Gasteiger partial charge in [0.25, 0.3) is 0 Å². The molecule has 1 aromatic carbocycles. The highest BCUT2D eigenvalue weighted by Crippen LogP contribution is 2.09. The van der Waals surface area contributed by atoms with Gasteiger partial charge in [0, 0.05) is 13.1 Å². The van der Waals surface area contributed by atoms with Crippen LogP contribution in [0, 0.1) is 13.8 Å². The molecule has 0 fully saturated rings. The monoisotopic (exact) mass is 352 g/mol. The Hall–Kier alpha value is -2.26. The lowest BCUT2D eigenvalue weighted by Gasteiger charge is -2.08. The van der Waals surface area contributed by atoms with E-state index >= 15 is 0 Å². The van der Waals surface area contributed by atoms with E-state index in [-0.39, 0.29) is 23.8 Å². The number of aryl methyl sites for hydroxylation is 2. The summed E-state index contributed by atoms with van der Waals surface area (Å²) in [5, 5.41) is 9.93. The number of nitrogens with zero attached hydrogens (tertiary/aromatic N) is 2. The van der Waals surface area contributed by atoms with E-state index in [9.17, 15) is 13.2 Å². The minimum Gasteiger partial charge on any atom is -0.356 e. The zero-order valence-corrected chi connectivity index (χ0v) is 14.4. The summed E-state index contributed by atoms with van der Waals surface area (Å²) in [5.74, 6) is -0.213. The van der Waals surface area contributed by atoms with Gasteiger partial charge in [-0.05, 0) is 32.4 Å². The molecule has 2 rings (SSSR count). The van der Waals surface area contributed by atoms with Crippen LogP contribution in [0.5, 0.6) is 0 Å². The van der Waals surface area contributed by atoms with Crippen molar-refractivity contribution in [1.29, 1.82) is 0 Å². The van der Waals surface area contributed by atoms with E-state index in [1.807, 2.05) is 6.92 Å². The van der Waals surface area contributed by atoms with Crippen LogP contribution in [-0.2, 0) is 21.2 Å². The number of aromatic nitrogens is 2. The van der Waals surface area contributed by atoms with Crippen LogP contribution in [0.4, 0.5) is 0 Å². The Balaban J connectivity index is 1.70. The molecule has 2 aromatic rings. The molecule has 0 bridgehead atoms. The van der Waals surface area contributed by atoms with E-state index in [2.05, 4.69) is 25.0 Å². The standard InChI is InChI=1S/C15H20N4O4S/c1-11-4-6-13(7-5-11)24(21,22)17-9-3-8-16-15(20)10-14-12(2)18-23-19-14/h4-7,17H,3,8-10H2,1-2H3,(H,16,20). The first-order valence-corrected chi connectivity index (χ1v) is 8.98. The lowest BCUT2D eigenvalue weighted by molar-refractivity contribution is -0.120. The number of carbonyl (C=O) groups is 1. The summed E-state index contributed by atoms with van der Waals surface area (Å²) in [5.41, 5.74) is 2.07. The maximum Gasteiger partial charge on any atom is 0.240 e. The topological polar surface area (TPSA) is 114 Å². The summed E-state index contributed by atoms with van der Waals surface area (Å²) in [4.78, 5) is 11.9. The Morgan fingerprint density at radius 1 is 1.12 bits per heavy atom. The van der Waals surface area contributed by atoms with E-state index in [0.717, 1.165) is 5.56 Å². The number of nitrogens with one attached hydrogen (secondary N) is 2. The summed E-state index contributed by atoms with van der Waals surface area (Å²) in [7, 11) is -3.52. The van der Waals surface area contributed by atoms with E-state index in [4.69, 9.17) is 0 Å². The summed E-state index contributed by atoms with van der Waals surface area (Å²) < 4.78 is 31.2. The van der Waals surface area contributed by atoms with Crippen LogP contribution in [-0.4, -0.2) is 37.7 Å². The molecule has 1 amide bonds. The van der Waals surface area contributed by atoms with Crippen LogP contribution in [0.3, 0.4) is 0 Å². The Bertz CT molecular complexity index is 784. The maximum atomic E-state index is 12.1. The molecule has 9 heteroatoms. The van der Waals surface area contributed by atoms with Crippen molar-refractivity contribution < 1.29 is 17.8 Å². The van der Waals surface area contributed by atoms with Crippen molar-refractivity contribution in [3.05, 3.63) is 41.2 Å². The predicted octanol–water partition coefficient (Wildman–Crippen LogP) is 0.714. The van der Waals surface area contributed by atoms with Crippen molar-refractivity contribution in [1.82, 2.24) is 20.4 Å². The van der Waals surface area contributed by atoms with Gasteiger partial charge >= 0.3 is 0 Å². The third-order valence-corrected chi connectivity index (χ3v) is 4.85. The molecule has 0 spiro atoms. The number of amides is 1. The number of carbonyl (C=O) groups excluding carboxylic acids is 1. The van der Waals surface area contributed by atoms with Crippen molar-refractivity contribution in [3.63, 3.8) is 0 Å². The number of sulfonamides is 1.